The molecule has 0 spiro atoms. The van der Waals surface area contributed by atoms with Crippen LogP contribution in [0.3, 0.4) is 0 Å². The molecule has 0 atom stereocenters. The van der Waals surface area contributed by atoms with Gasteiger partial charge in [-0.05, 0) is 63.0 Å². The summed E-state index contributed by atoms with van der Waals surface area (Å²) in [6, 6.07) is 7.90. The van der Waals surface area contributed by atoms with Crippen molar-refractivity contribution >= 4 is 53.5 Å². The highest BCUT2D eigenvalue weighted by molar-refractivity contribution is 9.11. The van der Waals surface area contributed by atoms with E-state index in [1.807, 2.05) is 31.2 Å². The third kappa shape index (κ3) is 3.96. The van der Waals surface area contributed by atoms with E-state index in [1.54, 1.807) is 6.20 Å². The lowest BCUT2D eigenvalue weighted by molar-refractivity contribution is 0.334. The largest absolute Gasteiger partial charge is 0.492 e. The van der Waals surface area contributed by atoms with Crippen molar-refractivity contribution in [3.8, 4) is 5.75 Å². The summed E-state index contributed by atoms with van der Waals surface area (Å²) < 4.78 is 8.45. The monoisotopic (exact) mass is 462 g/mol. The van der Waals surface area contributed by atoms with Crippen LogP contribution in [0.2, 0.25) is 0 Å². The van der Waals surface area contributed by atoms with Crippen LogP contribution in [-0.2, 0) is 6.54 Å². The summed E-state index contributed by atoms with van der Waals surface area (Å²) >= 11 is 10.5. The molecule has 0 unspecified atom stereocenters. The zero-order valence-corrected chi connectivity index (χ0v) is 15.5. The van der Waals surface area contributed by atoms with Gasteiger partial charge in [0, 0.05) is 22.8 Å². The van der Waals surface area contributed by atoms with E-state index in [2.05, 4.69) is 58.1 Å². The number of nitrogens with one attached hydrogen (secondary N) is 1. The minimum absolute atomic E-state index is 0.629. The van der Waals surface area contributed by atoms with Gasteiger partial charge >= 0.3 is 0 Å². The number of rotatable bonds is 5. The molecule has 0 aliphatic heterocycles. The van der Waals surface area contributed by atoms with E-state index in [4.69, 9.17) is 4.74 Å². The molecule has 0 fully saturated rings. The molecule has 0 radical (unpaired) electrons. The van der Waals surface area contributed by atoms with Crippen molar-refractivity contribution < 1.29 is 4.74 Å². The fourth-order valence-electron chi connectivity index (χ4n) is 1.76. The molecule has 0 bridgehead atoms. The normalized spacial score (nSPS) is 10.4. The summed E-state index contributed by atoms with van der Waals surface area (Å²) in [4.78, 5) is 4.19. The van der Waals surface area contributed by atoms with Crippen LogP contribution in [0.15, 0.2) is 44.0 Å². The Bertz CT molecular complexity index is 605. The molecule has 3 nitrogen and oxygen atoms in total. The number of nitrogens with zero attached hydrogens (tertiary/aromatic N) is 1. The molecule has 0 saturated carbocycles. The molecular formula is C14H13Br3N2O. The van der Waals surface area contributed by atoms with Crippen molar-refractivity contribution in [1.82, 2.24) is 4.98 Å². The van der Waals surface area contributed by atoms with Crippen LogP contribution >= 0.6 is 47.8 Å². The van der Waals surface area contributed by atoms with Gasteiger partial charge in [-0.3, -0.25) is 0 Å². The number of hydrogen-bond acceptors (Lipinski definition) is 3. The molecule has 20 heavy (non-hydrogen) atoms. The SMILES string of the molecule is CCOc1c(Br)cc(Br)cc1CNc1cccnc1Br. The minimum Gasteiger partial charge on any atom is -0.492 e. The third-order valence-corrected chi connectivity index (χ3v) is 4.28. The number of ether oxygens (including phenoxy) is 1. The van der Waals surface area contributed by atoms with Gasteiger partial charge in [-0.2, -0.15) is 0 Å². The van der Waals surface area contributed by atoms with Crippen molar-refractivity contribution in [3.05, 3.63) is 49.6 Å². The van der Waals surface area contributed by atoms with E-state index in [0.29, 0.717) is 13.2 Å². The molecule has 2 aromatic rings. The third-order valence-electron chi connectivity index (χ3n) is 2.60. The Morgan fingerprint density at radius 1 is 1.25 bits per heavy atom. The second kappa shape index (κ2) is 7.43. The van der Waals surface area contributed by atoms with Gasteiger partial charge in [0.15, 0.2) is 0 Å². The molecule has 1 N–H and O–H groups in total. The quantitative estimate of drug-likeness (QED) is 0.603. The fourth-order valence-corrected chi connectivity index (χ4v) is 3.58. The van der Waals surface area contributed by atoms with Gasteiger partial charge in [0.1, 0.15) is 10.4 Å². The van der Waals surface area contributed by atoms with Crippen LogP contribution in [-0.4, -0.2) is 11.6 Å². The van der Waals surface area contributed by atoms with E-state index in [1.165, 1.54) is 0 Å². The van der Waals surface area contributed by atoms with E-state index in [9.17, 15) is 0 Å². The van der Waals surface area contributed by atoms with Crippen molar-refractivity contribution in [2.75, 3.05) is 11.9 Å². The van der Waals surface area contributed by atoms with Gasteiger partial charge in [0.05, 0.1) is 16.8 Å². The van der Waals surface area contributed by atoms with E-state index in [-0.39, 0.29) is 0 Å². The Hall–Kier alpha value is -0.590. The Morgan fingerprint density at radius 3 is 2.75 bits per heavy atom. The van der Waals surface area contributed by atoms with Crippen LogP contribution in [0.5, 0.6) is 5.75 Å². The molecule has 0 aliphatic rings. The van der Waals surface area contributed by atoms with Crippen LogP contribution in [0, 0.1) is 0 Å². The van der Waals surface area contributed by atoms with Crippen molar-refractivity contribution in [3.63, 3.8) is 0 Å². The number of pyridine rings is 1. The number of hydrogen-bond donors (Lipinski definition) is 1. The summed E-state index contributed by atoms with van der Waals surface area (Å²) in [6.07, 6.45) is 1.75. The van der Waals surface area contributed by atoms with Gasteiger partial charge < -0.3 is 10.1 Å². The molecule has 6 heteroatoms. The fraction of sp³-hybridized carbons (Fsp3) is 0.214. The van der Waals surface area contributed by atoms with Gasteiger partial charge in [-0.1, -0.05) is 15.9 Å². The summed E-state index contributed by atoms with van der Waals surface area (Å²) in [7, 11) is 0. The molecule has 106 valence electrons. The first-order valence-electron chi connectivity index (χ1n) is 6.07. The summed E-state index contributed by atoms with van der Waals surface area (Å²) in [5.41, 5.74) is 2.02. The summed E-state index contributed by atoms with van der Waals surface area (Å²) in [5, 5.41) is 3.35. The lowest BCUT2D eigenvalue weighted by Gasteiger charge is -2.14. The molecule has 1 aromatic heterocycles. The Balaban J connectivity index is 2.22. The zero-order valence-electron chi connectivity index (χ0n) is 10.8. The lowest BCUT2D eigenvalue weighted by atomic mass is 10.2. The first-order valence-corrected chi connectivity index (χ1v) is 8.44. The maximum absolute atomic E-state index is 5.71. The van der Waals surface area contributed by atoms with Crippen molar-refractivity contribution in [1.29, 1.82) is 0 Å². The summed E-state index contributed by atoms with van der Waals surface area (Å²) in [6.45, 7) is 3.25. The topological polar surface area (TPSA) is 34.1 Å². The molecule has 0 saturated heterocycles. The Morgan fingerprint density at radius 2 is 2.05 bits per heavy atom. The number of aromatic nitrogens is 1. The minimum atomic E-state index is 0.629. The highest BCUT2D eigenvalue weighted by Crippen LogP contribution is 2.33. The predicted molar refractivity (Wildman–Crippen MR) is 92.3 cm³/mol. The molecule has 1 heterocycles. The average Bonchev–Trinajstić information content (AvgIpc) is 2.41. The van der Waals surface area contributed by atoms with Crippen molar-refractivity contribution in [2.24, 2.45) is 0 Å². The maximum Gasteiger partial charge on any atom is 0.138 e. The van der Waals surface area contributed by atoms with Crippen molar-refractivity contribution in [2.45, 2.75) is 13.5 Å². The molecule has 1 aromatic carbocycles. The van der Waals surface area contributed by atoms with E-state index < -0.39 is 0 Å². The number of halogens is 3. The smallest absolute Gasteiger partial charge is 0.138 e. The maximum atomic E-state index is 5.71. The van der Waals surface area contributed by atoms with Gasteiger partial charge in [-0.15, -0.1) is 0 Å². The van der Waals surface area contributed by atoms with E-state index >= 15 is 0 Å². The molecule has 0 aliphatic carbocycles. The van der Waals surface area contributed by atoms with Gasteiger partial charge in [0.25, 0.3) is 0 Å². The number of benzene rings is 1. The standard InChI is InChI=1S/C14H13Br3N2O/c1-2-20-13-9(6-10(15)7-11(13)16)8-19-12-4-3-5-18-14(12)17/h3-7,19H,2,8H2,1H3. The molecular weight excluding hydrogens is 452 g/mol. The average molecular weight is 465 g/mol. The summed E-state index contributed by atoms with van der Waals surface area (Å²) in [5.74, 6) is 0.864. The predicted octanol–water partition coefficient (Wildman–Crippen LogP) is 5.38. The second-order valence-corrected chi connectivity index (χ2v) is 6.53. The molecule has 2 rings (SSSR count). The lowest BCUT2D eigenvalue weighted by Crippen LogP contribution is -2.05. The Kier molecular flexibility index (Phi) is 5.86. The first kappa shape index (κ1) is 15.8. The van der Waals surface area contributed by atoms with Crippen LogP contribution in [0.4, 0.5) is 5.69 Å². The number of anilines is 1. The highest BCUT2D eigenvalue weighted by atomic mass is 79.9. The van der Waals surface area contributed by atoms with Crippen LogP contribution in [0.25, 0.3) is 0 Å². The van der Waals surface area contributed by atoms with Gasteiger partial charge in [0.2, 0.25) is 0 Å². The van der Waals surface area contributed by atoms with E-state index in [0.717, 1.165) is 30.5 Å². The first-order chi connectivity index (χ1) is 9.61. The van der Waals surface area contributed by atoms with Crippen LogP contribution < -0.4 is 10.1 Å². The van der Waals surface area contributed by atoms with Gasteiger partial charge in [-0.25, -0.2) is 4.98 Å². The zero-order chi connectivity index (χ0) is 14.5. The second-order valence-electron chi connectivity index (χ2n) is 4.00. The highest BCUT2D eigenvalue weighted by Gasteiger charge is 2.10. The Labute approximate surface area is 143 Å². The van der Waals surface area contributed by atoms with Crippen LogP contribution in [0.1, 0.15) is 12.5 Å². The molecule has 0 amide bonds.